The van der Waals surface area contributed by atoms with Crippen molar-refractivity contribution in [2.75, 3.05) is 18.6 Å². The number of esters is 1. The number of hydrogen-bond donors (Lipinski definition) is 1. The Morgan fingerprint density at radius 1 is 1.12 bits per heavy atom. The number of nitrogens with one attached hydrogen (secondary N) is 1. The van der Waals surface area contributed by atoms with Crippen molar-refractivity contribution in [2.45, 2.75) is 75.0 Å². The highest BCUT2D eigenvalue weighted by Gasteiger charge is 2.36. The summed E-state index contributed by atoms with van der Waals surface area (Å²) < 4.78 is 65.1. The van der Waals surface area contributed by atoms with Gasteiger partial charge in [0.15, 0.2) is 33.1 Å². The Labute approximate surface area is 301 Å². The van der Waals surface area contributed by atoms with Crippen molar-refractivity contribution in [1.82, 2.24) is 24.7 Å². The summed E-state index contributed by atoms with van der Waals surface area (Å²) in [5.74, 6) is -1.83. The average Bonchev–Trinajstić information content (AvgIpc) is 3.73. The van der Waals surface area contributed by atoms with Gasteiger partial charge < -0.3 is 9.72 Å². The molecule has 2 aromatic carbocycles. The summed E-state index contributed by atoms with van der Waals surface area (Å²) in [5, 5.41) is 5.36. The van der Waals surface area contributed by atoms with Crippen LogP contribution in [0.15, 0.2) is 64.6 Å². The number of sulfone groups is 1. The number of fused-ring (bicyclic) bond motifs is 8. The maximum Gasteiger partial charge on any atom is 0.308 e. The van der Waals surface area contributed by atoms with Crippen molar-refractivity contribution in [2.24, 2.45) is 18.4 Å². The molecule has 0 saturated carbocycles. The molecule has 270 valence electrons. The first-order valence-electron chi connectivity index (χ1n) is 17.0. The number of aryl methyl sites for hydroxylation is 2. The van der Waals surface area contributed by atoms with E-state index >= 15 is 8.78 Å². The molecule has 13 heteroatoms. The van der Waals surface area contributed by atoms with E-state index in [4.69, 9.17) is 14.8 Å². The summed E-state index contributed by atoms with van der Waals surface area (Å²) in [5.41, 5.74) is 1.64. The molecule has 4 bridgehead atoms. The van der Waals surface area contributed by atoms with Crippen LogP contribution in [0.1, 0.15) is 69.5 Å². The minimum atomic E-state index is -3.60. The van der Waals surface area contributed by atoms with Crippen molar-refractivity contribution in [3.8, 4) is 11.5 Å². The molecular formula is C38H43F2N5O4S2. The van der Waals surface area contributed by atoms with Gasteiger partial charge >= 0.3 is 5.97 Å². The minimum Gasteiger partial charge on any atom is -0.469 e. The molecule has 5 aromatic rings. The first-order valence-corrected chi connectivity index (χ1v) is 19.6. The van der Waals surface area contributed by atoms with Crippen LogP contribution in [0.2, 0.25) is 0 Å². The van der Waals surface area contributed by atoms with Gasteiger partial charge in [-0.15, -0.1) is 0 Å². The monoisotopic (exact) mass is 735 g/mol. The van der Waals surface area contributed by atoms with E-state index < -0.39 is 32.3 Å². The highest BCUT2D eigenvalue weighted by Crippen LogP contribution is 2.42. The fourth-order valence-electron chi connectivity index (χ4n) is 7.16. The minimum absolute atomic E-state index is 0.0142. The Morgan fingerprint density at radius 3 is 2.67 bits per heavy atom. The van der Waals surface area contributed by atoms with Crippen molar-refractivity contribution < 1.29 is 26.7 Å². The zero-order valence-corrected chi connectivity index (χ0v) is 31.4. The molecule has 51 heavy (non-hydrogen) atoms. The Kier molecular flexibility index (Phi) is 10.2. The van der Waals surface area contributed by atoms with E-state index in [2.05, 4.69) is 23.0 Å². The maximum atomic E-state index is 15.8. The molecule has 0 amide bonds. The number of nitrogens with zero attached hydrogens (tertiary/aromatic N) is 4. The number of carbonyl (C=O) groups is 1. The predicted molar refractivity (Wildman–Crippen MR) is 194 cm³/mol. The van der Waals surface area contributed by atoms with E-state index in [1.165, 1.54) is 13.3 Å². The van der Waals surface area contributed by atoms with Crippen LogP contribution < -0.4 is 0 Å². The third-order valence-corrected chi connectivity index (χ3v) is 13.1. The zero-order valence-electron chi connectivity index (χ0n) is 29.7. The number of halogens is 2. The molecule has 1 aliphatic heterocycles. The van der Waals surface area contributed by atoms with Crippen LogP contribution in [0.25, 0.3) is 22.4 Å². The van der Waals surface area contributed by atoms with Crippen molar-refractivity contribution >= 4 is 38.5 Å². The standard InChI is InChI=1S/C38H43F2N5O4S2/c1-23(35(46)49-6)19-24-9-7-10-25(20-24)38(4)15-8-14-37(2,3)22-51(47,48)18-13-28-27-12-17-42-32(27)30(39)31(40)33(28)50-26-11-16-41-29(21-26)34-43-36(38)44-45(34)5/h7,9-12,16-17,20-21,23,42H,8,13-15,18-19,22H2,1-6H3/t23-,38-/m1/s1. The van der Waals surface area contributed by atoms with Crippen LogP contribution in [0.3, 0.4) is 0 Å². The third-order valence-electron chi connectivity index (χ3n) is 9.91. The second-order valence-electron chi connectivity index (χ2n) is 14.6. The van der Waals surface area contributed by atoms with Gasteiger partial charge in [0.25, 0.3) is 0 Å². The lowest BCUT2D eigenvalue weighted by Gasteiger charge is -2.31. The van der Waals surface area contributed by atoms with E-state index in [0.717, 1.165) is 22.9 Å². The van der Waals surface area contributed by atoms with Crippen molar-refractivity contribution in [3.63, 3.8) is 0 Å². The SMILES string of the molecule is COC(=O)[C@H](C)Cc1cccc([C@@]2(C)CCCC(C)(C)CS(=O)(=O)CCc3c(c(F)c(F)c4[nH]ccc34)Sc3ccnc(c3)-c3nc2nn3C)c1. The molecule has 0 fully saturated rings. The first kappa shape index (κ1) is 36.7. The fourth-order valence-corrected chi connectivity index (χ4v) is 10.2. The van der Waals surface area contributed by atoms with Crippen LogP contribution in [-0.2, 0) is 44.7 Å². The number of benzene rings is 2. The van der Waals surface area contributed by atoms with Crippen molar-refractivity contribution in [1.29, 1.82) is 0 Å². The summed E-state index contributed by atoms with van der Waals surface area (Å²) in [6, 6.07) is 13.2. The summed E-state index contributed by atoms with van der Waals surface area (Å²) in [7, 11) is -0.417. The average molecular weight is 736 g/mol. The Balaban J connectivity index is 1.48. The smallest absolute Gasteiger partial charge is 0.308 e. The zero-order chi connectivity index (χ0) is 36.7. The molecule has 0 saturated heterocycles. The van der Waals surface area contributed by atoms with Crippen molar-refractivity contribution in [3.05, 3.63) is 89.0 Å². The molecule has 4 heterocycles. The van der Waals surface area contributed by atoms with Crippen LogP contribution in [0.5, 0.6) is 0 Å². The molecule has 3 aromatic heterocycles. The molecule has 1 N–H and O–H groups in total. The molecule has 1 aliphatic rings. The molecule has 0 spiro atoms. The van der Waals surface area contributed by atoms with Gasteiger partial charge in [-0.05, 0) is 72.9 Å². The predicted octanol–water partition coefficient (Wildman–Crippen LogP) is 7.61. The first-order chi connectivity index (χ1) is 24.1. The van der Waals surface area contributed by atoms with Gasteiger partial charge in [-0.25, -0.2) is 26.9 Å². The Bertz CT molecular complexity index is 2210. The lowest BCUT2D eigenvalue weighted by molar-refractivity contribution is -0.144. The van der Waals surface area contributed by atoms with Gasteiger partial charge in [0.2, 0.25) is 0 Å². The molecule has 0 aliphatic carbocycles. The lowest BCUT2D eigenvalue weighted by atomic mass is 9.75. The number of aromatic amines is 1. The molecule has 0 radical (unpaired) electrons. The van der Waals surface area contributed by atoms with Crippen LogP contribution in [-0.4, -0.2) is 57.7 Å². The molecule has 0 unspecified atom stereocenters. The normalized spacial score (nSPS) is 19.8. The largest absolute Gasteiger partial charge is 0.469 e. The Hall–Kier alpha value is -4.10. The van der Waals surface area contributed by atoms with E-state index in [-0.39, 0.29) is 40.2 Å². The van der Waals surface area contributed by atoms with Gasteiger partial charge in [-0.3, -0.25) is 9.78 Å². The van der Waals surface area contributed by atoms with Crippen LogP contribution in [0.4, 0.5) is 8.78 Å². The summed E-state index contributed by atoms with van der Waals surface area (Å²) in [6.07, 6.45) is 5.56. The summed E-state index contributed by atoms with van der Waals surface area (Å²) in [4.78, 5) is 25.3. The van der Waals surface area contributed by atoms with Crippen LogP contribution >= 0.6 is 11.8 Å². The number of H-pyrrole nitrogens is 1. The summed E-state index contributed by atoms with van der Waals surface area (Å²) in [6.45, 7) is 7.83. The number of carbonyl (C=O) groups excluding carboxylic acids is 1. The second kappa shape index (κ2) is 14.1. The number of hydrogen-bond acceptors (Lipinski definition) is 8. The van der Waals surface area contributed by atoms with Gasteiger partial charge in [0, 0.05) is 29.7 Å². The quantitative estimate of drug-likeness (QED) is 0.187. The van der Waals surface area contributed by atoms with Crippen LogP contribution in [0, 0.1) is 23.0 Å². The molecule has 2 atom stereocenters. The van der Waals surface area contributed by atoms with E-state index in [1.54, 1.807) is 36.1 Å². The third kappa shape index (κ3) is 7.60. The molecule has 9 nitrogen and oxygen atoms in total. The van der Waals surface area contributed by atoms with Gasteiger partial charge in [0.1, 0.15) is 5.69 Å². The van der Waals surface area contributed by atoms with Gasteiger partial charge in [-0.2, -0.15) is 5.10 Å². The van der Waals surface area contributed by atoms with E-state index in [0.29, 0.717) is 58.9 Å². The number of pyridine rings is 1. The van der Waals surface area contributed by atoms with Gasteiger partial charge in [0.05, 0.1) is 40.4 Å². The lowest BCUT2D eigenvalue weighted by Crippen LogP contribution is -2.29. The van der Waals surface area contributed by atoms with Gasteiger partial charge in [-0.1, -0.05) is 63.2 Å². The molecule has 6 rings (SSSR count). The van der Waals surface area contributed by atoms with E-state index in [9.17, 15) is 13.2 Å². The van der Waals surface area contributed by atoms with E-state index in [1.807, 2.05) is 39.0 Å². The number of aromatic nitrogens is 5. The number of rotatable bonds is 4. The number of methoxy groups -OCH3 is 1. The molecular weight excluding hydrogens is 693 g/mol. The highest BCUT2D eigenvalue weighted by molar-refractivity contribution is 7.99. The maximum absolute atomic E-state index is 15.8. The summed E-state index contributed by atoms with van der Waals surface area (Å²) >= 11 is 1.03. The highest BCUT2D eigenvalue weighted by atomic mass is 32.2. The fraction of sp³-hybridized carbons (Fsp3) is 0.421. The topological polar surface area (TPSA) is 120 Å². The number of ether oxygens (including phenoxy) is 1. The Morgan fingerprint density at radius 2 is 1.90 bits per heavy atom. The second-order valence-corrected chi connectivity index (χ2v) is 17.9.